The third kappa shape index (κ3) is 2.79. The molecule has 0 aromatic heterocycles. The third-order valence-electron chi connectivity index (χ3n) is 2.06. The summed E-state index contributed by atoms with van der Waals surface area (Å²) in [5.74, 6) is -0.207. The van der Waals surface area contributed by atoms with E-state index in [2.05, 4.69) is 0 Å². The van der Waals surface area contributed by atoms with Crippen LogP contribution in [0.25, 0.3) is 0 Å². The van der Waals surface area contributed by atoms with E-state index in [4.69, 9.17) is 5.73 Å². The topological polar surface area (TPSA) is 77.2 Å². The summed E-state index contributed by atoms with van der Waals surface area (Å²) < 4.78 is 22.5. The molecule has 4 nitrogen and oxygen atoms in total. The smallest absolute Gasteiger partial charge is 0.229 e. The summed E-state index contributed by atoms with van der Waals surface area (Å²) in [4.78, 5) is 11.1. The summed E-state index contributed by atoms with van der Waals surface area (Å²) in [7, 11) is -3.25. The van der Waals surface area contributed by atoms with Crippen LogP contribution in [0.5, 0.6) is 0 Å². The maximum Gasteiger partial charge on any atom is 0.229 e. The van der Waals surface area contributed by atoms with E-state index in [1.165, 1.54) is 12.1 Å². The van der Waals surface area contributed by atoms with Crippen molar-refractivity contribution in [3.05, 3.63) is 35.7 Å². The van der Waals surface area contributed by atoms with E-state index in [0.717, 1.165) is 6.26 Å². The van der Waals surface area contributed by atoms with Gasteiger partial charge >= 0.3 is 0 Å². The van der Waals surface area contributed by atoms with Crippen molar-refractivity contribution in [1.82, 2.24) is 0 Å². The van der Waals surface area contributed by atoms with E-state index >= 15 is 0 Å². The second kappa shape index (κ2) is 4.02. The van der Waals surface area contributed by atoms with Crippen molar-refractivity contribution in [2.45, 2.75) is 11.8 Å². The lowest BCUT2D eigenvalue weighted by Crippen LogP contribution is -2.19. The molecule has 0 unspecified atom stereocenters. The fourth-order valence-electron chi connectivity index (χ4n) is 1.10. The molecule has 0 saturated heterocycles. The predicted molar refractivity (Wildman–Crippen MR) is 56.8 cm³/mol. The number of hydrogen-bond acceptors (Lipinski definition) is 3. The zero-order valence-electron chi connectivity index (χ0n) is 8.52. The first-order chi connectivity index (χ1) is 6.82. The summed E-state index contributed by atoms with van der Waals surface area (Å²) in [5, 5.41) is 0. The van der Waals surface area contributed by atoms with Crippen LogP contribution >= 0.6 is 0 Å². The Balaban J connectivity index is 3.20. The van der Waals surface area contributed by atoms with E-state index in [1.807, 2.05) is 0 Å². The number of primary amides is 1. The molecule has 1 aromatic rings. The summed E-state index contributed by atoms with van der Waals surface area (Å²) >= 11 is 0. The van der Waals surface area contributed by atoms with Crippen LogP contribution in [-0.4, -0.2) is 20.6 Å². The first-order valence-electron chi connectivity index (χ1n) is 4.26. The lowest BCUT2D eigenvalue weighted by Gasteiger charge is -2.07. The monoisotopic (exact) mass is 226 g/mol. The van der Waals surface area contributed by atoms with Crippen molar-refractivity contribution in [2.75, 3.05) is 6.26 Å². The van der Waals surface area contributed by atoms with E-state index in [9.17, 15) is 13.2 Å². The molecule has 15 heavy (non-hydrogen) atoms. The predicted octanol–water partition coefficient (Wildman–Crippen LogP) is 0.518. The standard InChI is InChI=1S/C10H12NO3S/c1-7(10(11)12)8-4-3-5-9(6-8)15(2,13)14/h3-6H,1-2H3,(H2,11,12). The van der Waals surface area contributed by atoms with Crippen molar-refractivity contribution in [3.8, 4) is 0 Å². The summed E-state index contributed by atoms with van der Waals surface area (Å²) in [6.45, 7) is 1.56. The zero-order chi connectivity index (χ0) is 11.6. The number of carbonyl (C=O) groups is 1. The van der Waals surface area contributed by atoms with Crippen LogP contribution < -0.4 is 5.73 Å². The Labute approximate surface area is 89.0 Å². The number of rotatable bonds is 3. The Bertz CT molecular complexity index is 479. The van der Waals surface area contributed by atoms with Crippen LogP contribution in [0.1, 0.15) is 12.5 Å². The van der Waals surface area contributed by atoms with Gasteiger partial charge in [0.1, 0.15) is 0 Å². The molecular weight excluding hydrogens is 214 g/mol. The first-order valence-corrected chi connectivity index (χ1v) is 6.15. The minimum atomic E-state index is -3.25. The Morgan fingerprint density at radius 1 is 1.33 bits per heavy atom. The number of nitrogens with two attached hydrogens (primary N) is 1. The van der Waals surface area contributed by atoms with Crippen LogP contribution in [-0.2, 0) is 14.6 Å². The molecule has 0 aliphatic rings. The average Bonchev–Trinajstić information content (AvgIpc) is 2.15. The highest BCUT2D eigenvalue weighted by Crippen LogP contribution is 2.18. The second-order valence-corrected chi connectivity index (χ2v) is 5.30. The van der Waals surface area contributed by atoms with E-state index < -0.39 is 15.7 Å². The lowest BCUT2D eigenvalue weighted by molar-refractivity contribution is -0.115. The molecule has 1 radical (unpaired) electrons. The van der Waals surface area contributed by atoms with Gasteiger partial charge in [-0.05, 0) is 24.6 Å². The molecule has 1 aromatic carbocycles. The highest BCUT2D eigenvalue weighted by molar-refractivity contribution is 7.90. The number of hydrogen-bond donors (Lipinski definition) is 1. The lowest BCUT2D eigenvalue weighted by atomic mass is 10.0. The molecule has 0 atom stereocenters. The molecule has 2 N–H and O–H groups in total. The van der Waals surface area contributed by atoms with Gasteiger partial charge in [0.2, 0.25) is 5.91 Å². The number of sulfone groups is 1. The van der Waals surface area contributed by atoms with Gasteiger partial charge in [0.05, 0.1) is 10.8 Å². The third-order valence-corrected chi connectivity index (χ3v) is 3.18. The molecular formula is C10H12NO3S. The highest BCUT2D eigenvalue weighted by Gasteiger charge is 2.15. The zero-order valence-corrected chi connectivity index (χ0v) is 9.34. The Hall–Kier alpha value is -1.36. The minimum Gasteiger partial charge on any atom is -0.369 e. The molecule has 1 amide bonds. The quantitative estimate of drug-likeness (QED) is 0.816. The van der Waals surface area contributed by atoms with Gasteiger partial charge in [-0.3, -0.25) is 4.79 Å². The fourth-order valence-corrected chi connectivity index (χ4v) is 1.77. The molecule has 5 heteroatoms. The molecule has 0 saturated carbocycles. The maximum absolute atomic E-state index is 11.3. The summed E-state index contributed by atoms with van der Waals surface area (Å²) in [5.41, 5.74) is 5.63. The Morgan fingerprint density at radius 3 is 2.40 bits per heavy atom. The second-order valence-electron chi connectivity index (χ2n) is 3.29. The number of amides is 1. The van der Waals surface area contributed by atoms with E-state index in [-0.39, 0.29) is 4.90 Å². The molecule has 0 aliphatic heterocycles. The van der Waals surface area contributed by atoms with Gasteiger partial charge in [0.15, 0.2) is 9.84 Å². The van der Waals surface area contributed by atoms with Crippen LogP contribution in [0, 0.1) is 5.92 Å². The van der Waals surface area contributed by atoms with Crippen molar-refractivity contribution in [2.24, 2.45) is 5.73 Å². The molecule has 0 heterocycles. The summed E-state index contributed by atoms with van der Waals surface area (Å²) in [6.07, 6.45) is 1.12. The normalized spacial score (nSPS) is 11.7. The molecule has 1 rings (SSSR count). The van der Waals surface area contributed by atoms with Crippen LogP contribution in [0.15, 0.2) is 29.2 Å². The SMILES string of the molecule is C[C](C(N)=O)c1cccc(S(C)(=O)=O)c1. The van der Waals surface area contributed by atoms with E-state index in [1.54, 1.807) is 19.1 Å². The molecule has 0 aliphatic carbocycles. The molecule has 0 bridgehead atoms. The van der Waals surface area contributed by atoms with Gasteiger partial charge in [-0.15, -0.1) is 0 Å². The van der Waals surface area contributed by atoms with Crippen molar-refractivity contribution >= 4 is 15.7 Å². The van der Waals surface area contributed by atoms with Crippen molar-refractivity contribution in [1.29, 1.82) is 0 Å². The van der Waals surface area contributed by atoms with E-state index in [0.29, 0.717) is 11.5 Å². The minimum absolute atomic E-state index is 0.181. The van der Waals surface area contributed by atoms with Crippen molar-refractivity contribution < 1.29 is 13.2 Å². The van der Waals surface area contributed by atoms with Gasteiger partial charge in [-0.1, -0.05) is 12.1 Å². The summed E-state index contributed by atoms with van der Waals surface area (Å²) in [6, 6.07) is 6.15. The largest absolute Gasteiger partial charge is 0.369 e. The number of carbonyl (C=O) groups excluding carboxylic acids is 1. The van der Waals surface area contributed by atoms with Gasteiger partial charge in [0, 0.05) is 6.26 Å². The Morgan fingerprint density at radius 2 is 1.93 bits per heavy atom. The van der Waals surface area contributed by atoms with Gasteiger partial charge in [0.25, 0.3) is 0 Å². The molecule has 0 fully saturated rings. The average molecular weight is 226 g/mol. The maximum atomic E-state index is 11.3. The van der Waals surface area contributed by atoms with Gasteiger partial charge < -0.3 is 5.73 Å². The van der Waals surface area contributed by atoms with Crippen LogP contribution in [0.2, 0.25) is 0 Å². The number of benzene rings is 1. The Kier molecular flexibility index (Phi) is 3.14. The van der Waals surface area contributed by atoms with Gasteiger partial charge in [-0.25, -0.2) is 8.42 Å². The fraction of sp³-hybridized carbons (Fsp3) is 0.200. The molecule has 0 spiro atoms. The van der Waals surface area contributed by atoms with Crippen molar-refractivity contribution in [3.63, 3.8) is 0 Å². The molecule has 81 valence electrons. The van der Waals surface area contributed by atoms with Crippen LogP contribution in [0.4, 0.5) is 0 Å². The van der Waals surface area contributed by atoms with Gasteiger partial charge in [-0.2, -0.15) is 0 Å². The first kappa shape index (κ1) is 11.7. The van der Waals surface area contributed by atoms with Crippen LogP contribution in [0.3, 0.4) is 0 Å². The highest BCUT2D eigenvalue weighted by atomic mass is 32.2.